The van der Waals surface area contributed by atoms with Gasteiger partial charge in [-0.3, -0.25) is 0 Å². The molecule has 0 aromatic heterocycles. The van der Waals surface area contributed by atoms with Crippen LogP contribution in [0.15, 0.2) is 24.3 Å². The van der Waals surface area contributed by atoms with E-state index in [0.29, 0.717) is 25.3 Å². The Kier molecular flexibility index (Phi) is 4.09. The van der Waals surface area contributed by atoms with Crippen molar-refractivity contribution in [3.05, 3.63) is 29.8 Å². The smallest absolute Gasteiger partial charge is 0.338 e. The van der Waals surface area contributed by atoms with Crippen LogP contribution in [-0.2, 0) is 14.6 Å². The fourth-order valence-electron chi connectivity index (χ4n) is 1.99. The zero-order valence-corrected chi connectivity index (χ0v) is 11.6. The van der Waals surface area contributed by atoms with Gasteiger partial charge in [0.1, 0.15) is 0 Å². The molecule has 0 atom stereocenters. The lowest BCUT2D eigenvalue weighted by Crippen LogP contribution is -2.40. The minimum absolute atomic E-state index is 0.187. The number of ether oxygens (including phenoxy) is 1. The molecule has 0 amide bonds. The number of hydrogen-bond acceptors (Lipinski definition) is 5. The highest BCUT2D eigenvalue weighted by Gasteiger charge is 2.21. The van der Waals surface area contributed by atoms with Crippen LogP contribution in [0.25, 0.3) is 0 Å². The third-order valence-electron chi connectivity index (χ3n) is 3.09. The minimum Gasteiger partial charge on any atom is -0.462 e. The molecule has 0 spiro atoms. The molecule has 0 unspecified atom stereocenters. The van der Waals surface area contributed by atoms with E-state index in [9.17, 15) is 13.2 Å². The van der Waals surface area contributed by atoms with Gasteiger partial charge in [0, 0.05) is 18.8 Å². The van der Waals surface area contributed by atoms with Crippen LogP contribution in [0.4, 0.5) is 5.69 Å². The van der Waals surface area contributed by atoms with Gasteiger partial charge in [0.2, 0.25) is 0 Å². The lowest BCUT2D eigenvalue weighted by Gasteiger charge is -2.28. The molecule has 1 aliphatic rings. The first kappa shape index (κ1) is 13.9. The molecule has 5 nitrogen and oxygen atoms in total. The molecule has 104 valence electrons. The second-order valence-corrected chi connectivity index (χ2v) is 6.71. The molecule has 1 saturated heterocycles. The summed E-state index contributed by atoms with van der Waals surface area (Å²) in [7, 11) is -2.87. The molecule has 1 fully saturated rings. The van der Waals surface area contributed by atoms with Crippen LogP contribution in [0, 0.1) is 0 Å². The summed E-state index contributed by atoms with van der Waals surface area (Å²) in [5.41, 5.74) is 1.44. The van der Waals surface area contributed by atoms with Gasteiger partial charge in [-0.1, -0.05) is 0 Å². The van der Waals surface area contributed by atoms with Gasteiger partial charge in [-0.2, -0.15) is 0 Å². The summed E-state index contributed by atoms with van der Waals surface area (Å²) in [6, 6.07) is 7.06. The first-order chi connectivity index (χ1) is 9.02. The fraction of sp³-hybridized carbons (Fsp3) is 0.462. The van der Waals surface area contributed by atoms with Crippen LogP contribution in [-0.4, -0.2) is 45.6 Å². The number of nitrogens with zero attached hydrogens (tertiary/aromatic N) is 1. The first-order valence-electron chi connectivity index (χ1n) is 6.24. The van der Waals surface area contributed by atoms with Crippen LogP contribution in [0.5, 0.6) is 0 Å². The van der Waals surface area contributed by atoms with Gasteiger partial charge < -0.3 is 9.64 Å². The molecule has 6 heteroatoms. The Hall–Kier alpha value is -1.56. The van der Waals surface area contributed by atoms with E-state index >= 15 is 0 Å². The van der Waals surface area contributed by atoms with Gasteiger partial charge >= 0.3 is 5.97 Å². The summed E-state index contributed by atoms with van der Waals surface area (Å²) < 4.78 is 27.6. The van der Waals surface area contributed by atoms with Gasteiger partial charge in [0.25, 0.3) is 0 Å². The highest BCUT2D eigenvalue weighted by atomic mass is 32.2. The summed E-state index contributed by atoms with van der Waals surface area (Å²) in [6.45, 7) is 3.12. The quantitative estimate of drug-likeness (QED) is 0.777. The normalized spacial score (nSPS) is 18.1. The lowest BCUT2D eigenvalue weighted by molar-refractivity contribution is 0.0526. The zero-order valence-electron chi connectivity index (χ0n) is 10.8. The van der Waals surface area contributed by atoms with Gasteiger partial charge in [-0.15, -0.1) is 0 Å². The molecule has 1 aromatic rings. The molecule has 0 N–H and O–H groups in total. The van der Waals surface area contributed by atoms with Crippen LogP contribution >= 0.6 is 0 Å². The second-order valence-electron chi connectivity index (χ2n) is 4.41. The van der Waals surface area contributed by atoms with E-state index in [4.69, 9.17) is 4.74 Å². The number of carbonyl (C=O) groups excluding carboxylic acids is 1. The largest absolute Gasteiger partial charge is 0.462 e. The maximum atomic E-state index is 11.5. The molecule has 0 bridgehead atoms. The summed E-state index contributed by atoms with van der Waals surface area (Å²) in [5.74, 6) is 0.0366. The predicted molar refractivity (Wildman–Crippen MR) is 73.3 cm³/mol. The Bertz CT molecular complexity index is 537. The predicted octanol–water partition coefficient (Wildman–Crippen LogP) is 1.10. The van der Waals surface area contributed by atoms with Gasteiger partial charge in [-0.25, -0.2) is 13.2 Å². The molecule has 1 aliphatic heterocycles. The summed E-state index contributed by atoms with van der Waals surface area (Å²) >= 11 is 0. The van der Waals surface area contributed by atoms with Crippen molar-refractivity contribution in [2.45, 2.75) is 6.92 Å². The van der Waals surface area contributed by atoms with Gasteiger partial charge in [0.15, 0.2) is 9.84 Å². The Labute approximate surface area is 113 Å². The van der Waals surface area contributed by atoms with E-state index in [1.807, 2.05) is 17.0 Å². The van der Waals surface area contributed by atoms with Crippen molar-refractivity contribution < 1.29 is 17.9 Å². The number of benzene rings is 1. The van der Waals surface area contributed by atoms with Crippen molar-refractivity contribution in [1.82, 2.24) is 0 Å². The molecule has 1 heterocycles. The molecular formula is C13H17NO4S. The third kappa shape index (κ3) is 3.47. The Morgan fingerprint density at radius 1 is 1.21 bits per heavy atom. The summed E-state index contributed by atoms with van der Waals surface area (Å²) in [4.78, 5) is 13.5. The Morgan fingerprint density at radius 2 is 1.79 bits per heavy atom. The van der Waals surface area contributed by atoms with Crippen molar-refractivity contribution in [3.8, 4) is 0 Å². The van der Waals surface area contributed by atoms with Crippen LogP contribution < -0.4 is 4.90 Å². The van der Waals surface area contributed by atoms with Gasteiger partial charge in [-0.05, 0) is 31.2 Å². The van der Waals surface area contributed by atoms with E-state index in [1.165, 1.54) is 0 Å². The highest BCUT2D eigenvalue weighted by molar-refractivity contribution is 7.91. The Balaban J connectivity index is 2.05. The lowest BCUT2D eigenvalue weighted by atomic mass is 10.2. The first-order valence-corrected chi connectivity index (χ1v) is 8.06. The summed E-state index contributed by atoms with van der Waals surface area (Å²) in [6.07, 6.45) is 0. The highest BCUT2D eigenvalue weighted by Crippen LogP contribution is 2.18. The monoisotopic (exact) mass is 283 g/mol. The number of rotatable bonds is 3. The van der Waals surface area contributed by atoms with Crippen molar-refractivity contribution in [2.75, 3.05) is 36.1 Å². The molecule has 0 radical (unpaired) electrons. The van der Waals surface area contributed by atoms with Crippen molar-refractivity contribution in [3.63, 3.8) is 0 Å². The van der Waals surface area contributed by atoms with Crippen molar-refractivity contribution in [1.29, 1.82) is 0 Å². The topological polar surface area (TPSA) is 63.7 Å². The average molecular weight is 283 g/mol. The van der Waals surface area contributed by atoms with Crippen molar-refractivity contribution >= 4 is 21.5 Å². The zero-order chi connectivity index (χ0) is 13.9. The van der Waals surface area contributed by atoms with Crippen molar-refractivity contribution in [2.24, 2.45) is 0 Å². The van der Waals surface area contributed by atoms with E-state index in [2.05, 4.69) is 0 Å². The van der Waals surface area contributed by atoms with E-state index in [0.717, 1.165) is 5.69 Å². The van der Waals surface area contributed by atoms with Gasteiger partial charge in [0.05, 0.1) is 23.7 Å². The molecule has 0 saturated carbocycles. The number of anilines is 1. The van der Waals surface area contributed by atoms with Crippen LogP contribution in [0.3, 0.4) is 0 Å². The third-order valence-corrected chi connectivity index (χ3v) is 4.70. The van der Waals surface area contributed by atoms with Crippen LogP contribution in [0.2, 0.25) is 0 Å². The molecule has 1 aromatic carbocycles. The van der Waals surface area contributed by atoms with E-state index in [-0.39, 0.29) is 17.5 Å². The summed E-state index contributed by atoms with van der Waals surface area (Å²) in [5, 5.41) is 0. The van der Waals surface area contributed by atoms with Crippen LogP contribution in [0.1, 0.15) is 17.3 Å². The van der Waals surface area contributed by atoms with E-state index in [1.54, 1.807) is 19.1 Å². The standard InChI is InChI=1S/C13H17NO4S/c1-2-18-13(15)11-3-5-12(6-4-11)14-7-9-19(16,17)10-8-14/h3-6H,2,7-10H2,1H3. The number of hydrogen-bond donors (Lipinski definition) is 0. The Morgan fingerprint density at radius 3 is 2.32 bits per heavy atom. The number of carbonyl (C=O) groups is 1. The fourth-order valence-corrected chi connectivity index (χ4v) is 3.19. The van der Waals surface area contributed by atoms with E-state index < -0.39 is 9.84 Å². The maximum absolute atomic E-state index is 11.5. The SMILES string of the molecule is CCOC(=O)c1ccc(N2CCS(=O)(=O)CC2)cc1. The molecule has 19 heavy (non-hydrogen) atoms. The second kappa shape index (κ2) is 5.61. The number of sulfone groups is 1. The molecule has 0 aliphatic carbocycles. The number of esters is 1. The average Bonchev–Trinajstić information content (AvgIpc) is 2.39. The maximum Gasteiger partial charge on any atom is 0.338 e. The molecular weight excluding hydrogens is 266 g/mol. The minimum atomic E-state index is -2.87. The molecule has 2 rings (SSSR count).